The predicted molar refractivity (Wildman–Crippen MR) is 100 cm³/mol. The van der Waals surface area contributed by atoms with Crippen molar-refractivity contribution in [1.82, 2.24) is 15.1 Å². The van der Waals surface area contributed by atoms with E-state index < -0.39 is 12.2 Å². The number of likely N-dealkylation sites (N-methyl/N-ethyl adjacent to an activating group) is 1. The van der Waals surface area contributed by atoms with Crippen LogP contribution in [-0.2, 0) is 11.3 Å². The minimum absolute atomic E-state index is 0.271. The van der Waals surface area contributed by atoms with Gasteiger partial charge < -0.3 is 9.80 Å². The van der Waals surface area contributed by atoms with Crippen molar-refractivity contribution in [3.63, 3.8) is 0 Å². The van der Waals surface area contributed by atoms with E-state index in [0.717, 1.165) is 22.9 Å². The maximum absolute atomic E-state index is 12.5. The van der Waals surface area contributed by atoms with Crippen LogP contribution in [0.3, 0.4) is 0 Å². The molecule has 7 heteroatoms. The van der Waals surface area contributed by atoms with Crippen molar-refractivity contribution in [3.8, 4) is 0 Å². The number of rotatable bonds is 5. The van der Waals surface area contributed by atoms with Gasteiger partial charge in [-0.05, 0) is 17.9 Å². The number of nitrogens with zero attached hydrogens (tertiary/aromatic N) is 3. The molecule has 2 unspecified atom stereocenters. The molecule has 134 valence electrons. The molecule has 25 heavy (non-hydrogen) atoms. The highest BCUT2D eigenvalue weighted by Crippen LogP contribution is 2.30. The zero-order chi connectivity index (χ0) is 18.0. The van der Waals surface area contributed by atoms with Crippen molar-refractivity contribution in [3.05, 3.63) is 35.9 Å². The van der Waals surface area contributed by atoms with E-state index in [-0.39, 0.29) is 11.9 Å². The number of thioether (sulfide) groups is 1. The fourth-order valence-corrected chi connectivity index (χ4v) is 4.25. The molecule has 2 aliphatic rings. The van der Waals surface area contributed by atoms with Gasteiger partial charge in [0, 0.05) is 19.3 Å². The Morgan fingerprint density at radius 2 is 1.96 bits per heavy atom. The van der Waals surface area contributed by atoms with E-state index in [0.29, 0.717) is 12.5 Å². The molecule has 1 aromatic carbocycles. The largest absolute Gasteiger partial charge is 0.331 e. The maximum Gasteiger partial charge on any atom is 0.325 e. The molecular weight excluding hydrogens is 336 g/mol. The third-order valence-electron chi connectivity index (χ3n) is 4.44. The summed E-state index contributed by atoms with van der Waals surface area (Å²) < 4.78 is 0. The van der Waals surface area contributed by atoms with Crippen LogP contribution in [0.25, 0.3) is 0 Å². The molecule has 0 aromatic heterocycles. The Bertz CT molecular complexity index is 677. The van der Waals surface area contributed by atoms with E-state index in [4.69, 9.17) is 4.99 Å². The SMILES string of the molecule is CC(C)CCSC1=NC2C(C(=O)NC(=O)N2C)N1Cc1ccccc1. The van der Waals surface area contributed by atoms with E-state index in [1.54, 1.807) is 18.8 Å². The lowest BCUT2D eigenvalue weighted by Gasteiger charge is -2.36. The molecule has 6 nitrogen and oxygen atoms in total. The average molecular weight is 360 g/mol. The fourth-order valence-electron chi connectivity index (χ4n) is 2.95. The highest BCUT2D eigenvalue weighted by molar-refractivity contribution is 8.13. The summed E-state index contributed by atoms with van der Waals surface area (Å²) in [6, 6.07) is 9.18. The molecule has 2 aliphatic heterocycles. The Balaban J connectivity index is 1.83. The summed E-state index contributed by atoms with van der Waals surface area (Å²) >= 11 is 1.67. The lowest BCUT2D eigenvalue weighted by Crippen LogP contribution is -2.63. The van der Waals surface area contributed by atoms with Gasteiger partial charge in [0.2, 0.25) is 0 Å². The highest BCUT2D eigenvalue weighted by Gasteiger charge is 2.48. The minimum Gasteiger partial charge on any atom is -0.331 e. The van der Waals surface area contributed by atoms with Gasteiger partial charge in [0.1, 0.15) is 0 Å². The second-order valence-electron chi connectivity index (χ2n) is 6.82. The molecule has 3 rings (SSSR count). The summed E-state index contributed by atoms with van der Waals surface area (Å²) in [5, 5.41) is 3.28. The number of aliphatic imine (C=N–C) groups is 1. The summed E-state index contributed by atoms with van der Waals surface area (Å²) in [5.41, 5.74) is 1.12. The van der Waals surface area contributed by atoms with E-state index in [2.05, 4.69) is 19.2 Å². The minimum atomic E-state index is -0.468. The number of nitrogens with one attached hydrogen (secondary N) is 1. The molecule has 0 bridgehead atoms. The van der Waals surface area contributed by atoms with Gasteiger partial charge in [-0.3, -0.25) is 10.1 Å². The Morgan fingerprint density at radius 3 is 2.64 bits per heavy atom. The van der Waals surface area contributed by atoms with Crippen molar-refractivity contribution in [1.29, 1.82) is 0 Å². The molecule has 0 spiro atoms. The molecule has 2 heterocycles. The predicted octanol–water partition coefficient (Wildman–Crippen LogP) is 2.51. The van der Waals surface area contributed by atoms with E-state index >= 15 is 0 Å². The molecule has 1 saturated heterocycles. The van der Waals surface area contributed by atoms with Crippen LogP contribution >= 0.6 is 11.8 Å². The van der Waals surface area contributed by atoms with Crippen molar-refractivity contribution in [2.45, 2.75) is 39.0 Å². The Kier molecular flexibility index (Phi) is 5.32. The number of hydrogen-bond acceptors (Lipinski definition) is 5. The molecule has 0 radical (unpaired) electrons. The van der Waals surface area contributed by atoms with Crippen LogP contribution in [0.15, 0.2) is 35.3 Å². The van der Waals surface area contributed by atoms with Crippen LogP contribution in [0.1, 0.15) is 25.8 Å². The Morgan fingerprint density at radius 1 is 1.24 bits per heavy atom. The van der Waals surface area contributed by atoms with Crippen LogP contribution in [0.4, 0.5) is 4.79 Å². The van der Waals surface area contributed by atoms with Crippen LogP contribution in [0.5, 0.6) is 0 Å². The zero-order valence-electron chi connectivity index (χ0n) is 14.8. The van der Waals surface area contributed by atoms with E-state index in [1.807, 2.05) is 35.2 Å². The highest BCUT2D eigenvalue weighted by atomic mass is 32.2. The van der Waals surface area contributed by atoms with E-state index in [9.17, 15) is 9.59 Å². The summed E-state index contributed by atoms with van der Waals surface area (Å²) in [7, 11) is 1.69. The molecule has 1 N–H and O–H groups in total. The lowest BCUT2D eigenvalue weighted by molar-refractivity contribution is -0.127. The lowest BCUT2D eigenvalue weighted by atomic mass is 10.1. The number of fused-ring (bicyclic) bond motifs is 1. The second-order valence-corrected chi connectivity index (χ2v) is 7.88. The first-order chi connectivity index (χ1) is 12.0. The molecular formula is C18H24N4O2S. The number of benzene rings is 1. The van der Waals surface area contributed by atoms with Gasteiger partial charge in [0.25, 0.3) is 5.91 Å². The second kappa shape index (κ2) is 7.47. The van der Waals surface area contributed by atoms with Gasteiger partial charge in [-0.1, -0.05) is 55.9 Å². The van der Waals surface area contributed by atoms with Crippen LogP contribution in [-0.4, -0.2) is 51.9 Å². The van der Waals surface area contributed by atoms with Crippen molar-refractivity contribution in [2.24, 2.45) is 10.9 Å². The maximum atomic E-state index is 12.5. The fraction of sp³-hybridized carbons (Fsp3) is 0.500. The third kappa shape index (κ3) is 3.81. The first-order valence-electron chi connectivity index (χ1n) is 8.56. The normalized spacial score (nSPS) is 23.0. The van der Waals surface area contributed by atoms with Gasteiger partial charge >= 0.3 is 6.03 Å². The number of hydrogen-bond donors (Lipinski definition) is 1. The first kappa shape index (κ1) is 17.8. The molecule has 0 aliphatic carbocycles. The molecule has 2 atom stereocenters. The number of amides is 3. The van der Waals surface area contributed by atoms with Crippen molar-refractivity contribution >= 4 is 28.9 Å². The summed E-state index contributed by atoms with van der Waals surface area (Å²) in [6.45, 7) is 4.99. The zero-order valence-corrected chi connectivity index (χ0v) is 15.6. The number of imide groups is 1. The molecule has 1 fully saturated rings. The van der Waals surface area contributed by atoms with E-state index in [1.165, 1.54) is 4.90 Å². The van der Waals surface area contributed by atoms with Gasteiger partial charge in [0.15, 0.2) is 17.4 Å². The molecule has 1 aromatic rings. The number of carbonyl (C=O) groups is 2. The van der Waals surface area contributed by atoms with Crippen molar-refractivity contribution in [2.75, 3.05) is 12.8 Å². The third-order valence-corrected chi connectivity index (χ3v) is 5.48. The van der Waals surface area contributed by atoms with Crippen LogP contribution in [0, 0.1) is 5.92 Å². The number of urea groups is 1. The average Bonchev–Trinajstić information content (AvgIpc) is 2.92. The topological polar surface area (TPSA) is 65.0 Å². The van der Waals surface area contributed by atoms with Gasteiger partial charge in [0.05, 0.1) is 0 Å². The van der Waals surface area contributed by atoms with Crippen LogP contribution < -0.4 is 5.32 Å². The van der Waals surface area contributed by atoms with Gasteiger partial charge in [-0.25, -0.2) is 9.79 Å². The molecule has 3 amide bonds. The summed E-state index contributed by atoms with van der Waals surface area (Å²) in [6.07, 6.45) is 0.630. The number of amidine groups is 1. The summed E-state index contributed by atoms with van der Waals surface area (Å²) in [5.74, 6) is 1.29. The van der Waals surface area contributed by atoms with Gasteiger partial charge in [-0.15, -0.1) is 0 Å². The molecule has 0 saturated carbocycles. The Hall–Kier alpha value is -2.02. The summed E-state index contributed by atoms with van der Waals surface area (Å²) in [4.78, 5) is 32.7. The first-order valence-corrected chi connectivity index (χ1v) is 9.54. The van der Waals surface area contributed by atoms with Crippen LogP contribution in [0.2, 0.25) is 0 Å². The Labute approximate surface area is 152 Å². The smallest absolute Gasteiger partial charge is 0.325 e. The van der Waals surface area contributed by atoms with Crippen molar-refractivity contribution < 1.29 is 9.59 Å². The monoisotopic (exact) mass is 360 g/mol. The number of carbonyl (C=O) groups excluding carboxylic acids is 2. The quantitative estimate of drug-likeness (QED) is 0.876. The van der Waals surface area contributed by atoms with Gasteiger partial charge in [-0.2, -0.15) is 0 Å². The standard InChI is InChI=1S/C18H24N4O2S/c1-12(2)9-10-25-18-19-15-14(16(23)20-17(24)21(15)3)22(18)11-13-7-5-4-6-8-13/h4-8,12,14-15H,9-11H2,1-3H3,(H,20,23,24).